The summed E-state index contributed by atoms with van der Waals surface area (Å²) < 4.78 is 16.1. The van der Waals surface area contributed by atoms with E-state index in [2.05, 4.69) is 10.6 Å². The van der Waals surface area contributed by atoms with E-state index in [9.17, 15) is 14.4 Å². The number of urea groups is 1. The molecule has 3 amide bonds. The summed E-state index contributed by atoms with van der Waals surface area (Å²) in [5.74, 6) is 0.489. The smallest absolute Gasteiger partial charge is 0.326 e. The zero-order chi connectivity index (χ0) is 21.9. The third kappa shape index (κ3) is 7.22. The quantitative estimate of drug-likeness (QED) is 0.513. The summed E-state index contributed by atoms with van der Waals surface area (Å²) in [6, 6.07) is 4.45. The summed E-state index contributed by atoms with van der Waals surface area (Å²) in [6.07, 6.45) is 1.36. The molecule has 2 rings (SSSR count). The number of hydrogen-bond donors (Lipinski definition) is 3. The molecule has 1 aromatic rings. The number of quaternary nitrogens is 1. The third-order valence-corrected chi connectivity index (χ3v) is 4.78. The highest BCUT2D eigenvalue weighted by Gasteiger charge is 2.29. The van der Waals surface area contributed by atoms with Crippen molar-refractivity contribution >= 4 is 23.6 Å². The first-order valence-corrected chi connectivity index (χ1v) is 10.5. The van der Waals surface area contributed by atoms with Crippen molar-refractivity contribution < 1.29 is 33.5 Å². The van der Waals surface area contributed by atoms with E-state index >= 15 is 0 Å². The predicted octanol–water partition coefficient (Wildman–Crippen LogP) is 0.990. The van der Waals surface area contributed by atoms with Crippen molar-refractivity contribution in [3.05, 3.63) is 18.2 Å². The molecule has 166 valence electrons. The molecule has 1 aliphatic rings. The first-order valence-electron chi connectivity index (χ1n) is 10.5. The second-order valence-corrected chi connectivity index (χ2v) is 6.98. The van der Waals surface area contributed by atoms with Crippen molar-refractivity contribution in [1.82, 2.24) is 5.32 Å². The van der Waals surface area contributed by atoms with Gasteiger partial charge in [-0.15, -0.1) is 0 Å². The van der Waals surface area contributed by atoms with Gasteiger partial charge in [-0.2, -0.15) is 0 Å². The number of carbonyl (C=O) groups excluding carboxylic acids is 3. The minimum Gasteiger partial charge on any atom is -0.490 e. The molecule has 0 unspecified atom stereocenters. The first kappa shape index (κ1) is 23.5. The van der Waals surface area contributed by atoms with Crippen LogP contribution in [0.5, 0.6) is 11.5 Å². The highest BCUT2D eigenvalue weighted by Crippen LogP contribution is 2.30. The number of imide groups is 1. The average molecular weight is 423 g/mol. The van der Waals surface area contributed by atoms with E-state index in [4.69, 9.17) is 14.2 Å². The third-order valence-electron chi connectivity index (χ3n) is 4.78. The molecular weight excluding hydrogens is 390 g/mol. The van der Waals surface area contributed by atoms with Crippen molar-refractivity contribution in [2.24, 2.45) is 5.92 Å². The minimum absolute atomic E-state index is 0.0979. The van der Waals surface area contributed by atoms with Crippen molar-refractivity contribution in [3.63, 3.8) is 0 Å². The molecule has 1 aromatic carbocycles. The van der Waals surface area contributed by atoms with Crippen LogP contribution >= 0.6 is 0 Å². The molecule has 1 saturated heterocycles. The lowest BCUT2D eigenvalue weighted by atomic mass is 9.97. The van der Waals surface area contributed by atoms with Crippen LogP contribution in [0, 0.1) is 5.92 Å². The van der Waals surface area contributed by atoms with Crippen LogP contribution in [0.25, 0.3) is 0 Å². The van der Waals surface area contributed by atoms with E-state index in [1.807, 2.05) is 13.8 Å². The number of carbonyl (C=O) groups is 3. The number of likely N-dealkylation sites (tertiary alicyclic amines) is 1. The Morgan fingerprint density at radius 2 is 1.67 bits per heavy atom. The van der Waals surface area contributed by atoms with Crippen LogP contribution in [-0.2, 0) is 14.3 Å². The Labute approximate surface area is 177 Å². The molecule has 1 aliphatic heterocycles. The molecule has 3 N–H and O–H groups in total. The summed E-state index contributed by atoms with van der Waals surface area (Å²) in [5.41, 5.74) is 0.495. The second kappa shape index (κ2) is 12.0. The van der Waals surface area contributed by atoms with Crippen LogP contribution < -0.4 is 25.0 Å². The molecule has 0 atom stereocenters. The summed E-state index contributed by atoms with van der Waals surface area (Å²) in [7, 11) is 0. The molecule has 1 fully saturated rings. The fraction of sp³-hybridized carbons (Fsp3) is 0.571. The Morgan fingerprint density at radius 3 is 2.30 bits per heavy atom. The highest BCUT2D eigenvalue weighted by atomic mass is 16.5. The van der Waals surface area contributed by atoms with E-state index in [0.717, 1.165) is 4.90 Å². The predicted molar refractivity (Wildman–Crippen MR) is 111 cm³/mol. The van der Waals surface area contributed by atoms with E-state index in [-0.39, 0.29) is 24.3 Å². The van der Waals surface area contributed by atoms with Gasteiger partial charge in [-0.25, -0.2) is 4.79 Å². The number of nitrogens with one attached hydrogen (secondary N) is 3. The van der Waals surface area contributed by atoms with Gasteiger partial charge in [-0.05, 0) is 32.9 Å². The molecule has 9 nitrogen and oxygen atoms in total. The number of ether oxygens (including phenoxy) is 3. The molecule has 0 saturated carbocycles. The van der Waals surface area contributed by atoms with Gasteiger partial charge in [0.05, 0.1) is 38.8 Å². The molecule has 30 heavy (non-hydrogen) atoms. The van der Waals surface area contributed by atoms with Gasteiger partial charge in [0.2, 0.25) is 0 Å². The fourth-order valence-corrected chi connectivity index (χ4v) is 3.39. The van der Waals surface area contributed by atoms with Crippen LogP contribution in [-0.4, -0.2) is 57.4 Å². The molecular formula is C21H32N3O6+. The molecule has 0 bridgehead atoms. The summed E-state index contributed by atoms with van der Waals surface area (Å²) in [6.45, 7) is 8.43. The first-order chi connectivity index (χ1) is 14.5. The number of hydrogen-bond acceptors (Lipinski definition) is 6. The fourth-order valence-electron chi connectivity index (χ4n) is 3.39. The lowest BCUT2D eigenvalue weighted by Crippen LogP contribution is -3.14. The minimum atomic E-state index is -0.604. The van der Waals surface area contributed by atoms with Gasteiger partial charge in [0.15, 0.2) is 18.0 Å². The van der Waals surface area contributed by atoms with E-state index in [0.29, 0.717) is 62.9 Å². The van der Waals surface area contributed by atoms with Crippen LogP contribution in [0.15, 0.2) is 18.2 Å². The maximum atomic E-state index is 12.2. The number of esters is 1. The van der Waals surface area contributed by atoms with Crippen molar-refractivity contribution in [2.75, 3.05) is 44.8 Å². The SMILES string of the molecule is CCOC(=O)C1CC[NH+](CC(=O)NC(=O)Nc2ccc(OCC)c(OCC)c2)CC1. The number of rotatable bonds is 9. The van der Waals surface area contributed by atoms with Crippen LogP contribution in [0.4, 0.5) is 10.5 Å². The Kier molecular flexibility index (Phi) is 9.40. The van der Waals surface area contributed by atoms with Gasteiger partial charge < -0.3 is 24.4 Å². The molecule has 0 radical (unpaired) electrons. The van der Waals surface area contributed by atoms with Gasteiger partial charge in [0.1, 0.15) is 0 Å². The highest BCUT2D eigenvalue weighted by molar-refractivity contribution is 6.01. The van der Waals surface area contributed by atoms with Gasteiger partial charge in [-0.3, -0.25) is 14.9 Å². The van der Waals surface area contributed by atoms with Gasteiger partial charge in [-0.1, -0.05) is 0 Å². The van der Waals surface area contributed by atoms with Crippen molar-refractivity contribution in [2.45, 2.75) is 33.6 Å². The molecule has 0 spiro atoms. The Bertz CT molecular complexity index is 731. The van der Waals surface area contributed by atoms with Gasteiger partial charge in [0.25, 0.3) is 5.91 Å². The number of anilines is 1. The summed E-state index contributed by atoms with van der Waals surface area (Å²) in [4.78, 5) is 37.2. The lowest BCUT2D eigenvalue weighted by molar-refractivity contribution is -0.897. The van der Waals surface area contributed by atoms with Crippen molar-refractivity contribution in [1.29, 1.82) is 0 Å². The number of piperidine rings is 1. The standard InChI is InChI=1S/C21H31N3O6/c1-4-28-17-8-7-16(13-18(17)29-5-2)22-21(27)23-19(25)14-24-11-9-15(10-12-24)20(26)30-6-3/h7-8,13,15H,4-6,9-12,14H2,1-3H3,(H2,22,23,25,27)/p+1. The molecule has 9 heteroatoms. The van der Waals surface area contributed by atoms with Crippen LogP contribution in [0.1, 0.15) is 33.6 Å². The average Bonchev–Trinajstić information content (AvgIpc) is 2.71. The molecule has 0 aromatic heterocycles. The summed E-state index contributed by atoms with van der Waals surface area (Å²) in [5, 5.41) is 4.99. The van der Waals surface area contributed by atoms with Crippen molar-refractivity contribution in [3.8, 4) is 11.5 Å². The van der Waals surface area contributed by atoms with Crippen LogP contribution in [0.2, 0.25) is 0 Å². The largest absolute Gasteiger partial charge is 0.490 e. The Balaban J connectivity index is 1.80. The second-order valence-electron chi connectivity index (χ2n) is 6.98. The zero-order valence-corrected chi connectivity index (χ0v) is 17.9. The normalized spacial score (nSPS) is 18.2. The lowest BCUT2D eigenvalue weighted by Gasteiger charge is -2.27. The van der Waals surface area contributed by atoms with Gasteiger partial charge in [0, 0.05) is 24.6 Å². The van der Waals surface area contributed by atoms with E-state index in [1.165, 1.54) is 0 Å². The maximum absolute atomic E-state index is 12.2. The van der Waals surface area contributed by atoms with E-state index < -0.39 is 6.03 Å². The van der Waals surface area contributed by atoms with Crippen LogP contribution in [0.3, 0.4) is 0 Å². The number of benzene rings is 1. The number of amides is 3. The zero-order valence-electron chi connectivity index (χ0n) is 17.9. The van der Waals surface area contributed by atoms with E-state index in [1.54, 1.807) is 25.1 Å². The summed E-state index contributed by atoms with van der Waals surface area (Å²) >= 11 is 0. The maximum Gasteiger partial charge on any atom is 0.326 e. The Morgan fingerprint density at radius 1 is 1.00 bits per heavy atom. The molecule has 1 heterocycles. The Hall–Kier alpha value is -2.81. The topological polar surface area (TPSA) is 107 Å². The molecule has 0 aliphatic carbocycles. The van der Waals surface area contributed by atoms with Gasteiger partial charge >= 0.3 is 12.0 Å². The monoisotopic (exact) mass is 422 g/mol.